The van der Waals surface area contributed by atoms with Crippen molar-refractivity contribution in [3.05, 3.63) is 24.0 Å². The first-order valence-corrected chi connectivity index (χ1v) is 9.32. The molecule has 0 saturated carbocycles. The van der Waals surface area contributed by atoms with E-state index in [2.05, 4.69) is 5.32 Å². The average Bonchev–Trinajstić information content (AvgIpc) is 3.10. The van der Waals surface area contributed by atoms with E-state index in [1.54, 1.807) is 12.1 Å². The molecule has 10 heteroatoms. The van der Waals surface area contributed by atoms with Crippen LogP contribution >= 0.6 is 0 Å². The Morgan fingerprint density at radius 1 is 1.28 bits per heavy atom. The van der Waals surface area contributed by atoms with Gasteiger partial charge in [-0.3, -0.25) is 9.69 Å². The van der Waals surface area contributed by atoms with Crippen molar-refractivity contribution in [2.45, 2.75) is 51.9 Å². The average molecular weight is 410 g/mol. The van der Waals surface area contributed by atoms with Crippen LogP contribution in [0.1, 0.15) is 34.6 Å². The first kappa shape index (κ1) is 23.1. The Morgan fingerprint density at radius 3 is 2.38 bits per heavy atom. The highest BCUT2D eigenvalue weighted by Crippen LogP contribution is 2.36. The van der Waals surface area contributed by atoms with Crippen molar-refractivity contribution in [3.63, 3.8) is 0 Å². The molecule has 2 fully saturated rings. The van der Waals surface area contributed by atoms with Crippen molar-refractivity contribution in [1.29, 1.82) is 0 Å². The number of cyclic esters (lactones) is 1. The van der Waals surface area contributed by atoms with Crippen LogP contribution in [-0.4, -0.2) is 61.7 Å². The molecule has 0 spiro atoms. The molecular weight excluding hydrogens is 382 g/mol. The molecule has 2 amide bonds. The molecule has 0 radical (unpaired) electrons. The number of benzene rings is 1. The van der Waals surface area contributed by atoms with Gasteiger partial charge in [0.2, 0.25) is 5.91 Å². The molecule has 0 unspecified atom stereocenters. The molecule has 160 valence electrons. The number of rotatable bonds is 4. The van der Waals surface area contributed by atoms with E-state index in [1.165, 1.54) is 17.9 Å². The topological polar surface area (TPSA) is 97.3 Å². The van der Waals surface area contributed by atoms with Crippen molar-refractivity contribution >= 4 is 30.3 Å². The van der Waals surface area contributed by atoms with E-state index >= 15 is 0 Å². The van der Waals surface area contributed by atoms with Gasteiger partial charge in [0.1, 0.15) is 11.9 Å². The van der Waals surface area contributed by atoms with Crippen LogP contribution < -0.4 is 15.7 Å². The van der Waals surface area contributed by atoms with Crippen molar-refractivity contribution < 1.29 is 33.1 Å². The Balaban J connectivity index is 0.00000145. The monoisotopic (exact) mass is 410 g/mol. The maximum atomic E-state index is 14.7. The summed E-state index contributed by atoms with van der Waals surface area (Å²) >= 11 is 0. The summed E-state index contributed by atoms with van der Waals surface area (Å²) in [5.74, 6) is -0.730. The van der Waals surface area contributed by atoms with E-state index in [1.807, 2.05) is 27.7 Å². The van der Waals surface area contributed by atoms with E-state index in [0.717, 1.165) is 7.11 Å². The van der Waals surface area contributed by atoms with Gasteiger partial charge in [-0.1, -0.05) is 6.07 Å². The summed E-state index contributed by atoms with van der Waals surface area (Å²) in [4.78, 5) is 24.4. The van der Waals surface area contributed by atoms with Crippen molar-refractivity contribution in [2.75, 3.05) is 25.1 Å². The van der Waals surface area contributed by atoms with Crippen molar-refractivity contribution in [2.24, 2.45) is 0 Å². The van der Waals surface area contributed by atoms with Gasteiger partial charge in [-0.25, -0.2) is 9.18 Å². The number of amides is 2. The van der Waals surface area contributed by atoms with E-state index in [9.17, 15) is 14.0 Å². The maximum Gasteiger partial charge on any atom is 0.497 e. The molecular formula is C19H28BFN2O6. The van der Waals surface area contributed by atoms with Gasteiger partial charge in [0.15, 0.2) is 0 Å². The predicted octanol–water partition coefficient (Wildman–Crippen LogP) is 1.19. The van der Waals surface area contributed by atoms with Gasteiger partial charge in [0, 0.05) is 19.5 Å². The van der Waals surface area contributed by atoms with Crippen LogP contribution in [0.25, 0.3) is 0 Å². The normalized spacial score (nSPS) is 22.1. The third-order valence-corrected chi connectivity index (χ3v) is 5.26. The summed E-state index contributed by atoms with van der Waals surface area (Å²) in [7, 11) is 0.182. The lowest BCUT2D eigenvalue weighted by Gasteiger charge is -2.32. The summed E-state index contributed by atoms with van der Waals surface area (Å²) in [5.41, 5.74) is -0.487. The van der Waals surface area contributed by atoms with Gasteiger partial charge < -0.3 is 24.5 Å². The number of aliphatic hydroxyl groups excluding tert-OH is 1. The van der Waals surface area contributed by atoms with Crippen LogP contribution in [0.3, 0.4) is 0 Å². The highest BCUT2D eigenvalue weighted by atomic mass is 19.1. The molecule has 1 atom stereocenters. The molecule has 2 aliphatic heterocycles. The van der Waals surface area contributed by atoms with Gasteiger partial charge in [-0.05, 0) is 39.8 Å². The van der Waals surface area contributed by atoms with Crippen LogP contribution in [0.4, 0.5) is 14.9 Å². The van der Waals surface area contributed by atoms with Crippen LogP contribution in [0.15, 0.2) is 18.2 Å². The van der Waals surface area contributed by atoms with Crippen molar-refractivity contribution in [1.82, 2.24) is 5.32 Å². The first-order chi connectivity index (χ1) is 13.5. The molecule has 8 nitrogen and oxygen atoms in total. The lowest BCUT2D eigenvalue weighted by molar-refractivity contribution is -0.119. The number of hydrogen-bond acceptors (Lipinski definition) is 6. The maximum absolute atomic E-state index is 14.7. The number of anilines is 1. The molecule has 1 aromatic rings. The summed E-state index contributed by atoms with van der Waals surface area (Å²) in [5, 5.41) is 9.60. The lowest BCUT2D eigenvalue weighted by atomic mass is 9.78. The van der Waals surface area contributed by atoms with Crippen molar-refractivity contribution in [3.8, 4) is 0 Å². The Morgan fingerprint density at radius 2 is 1.86 bits per heavy atom. The molecule has 2 saturated heterocycles. The van der Waals surface area contributed by atoms with Gasteiger partial charge in [0.25, 0.3) is 0 Å². The van der Waals surface area contributed by atoms with E-state index in [4.69, 9.17) is 19.2 Å². The smallest absolute Gasteiger partial charge is 0.442 e. The van der Waals surface area contributed by atoms with Gasteiger partial charge in [0.05, 0.1) is 30.0 Å². The van der Waals surface area contributed by atoms with Crippen LogP contribution in [0.2, 0.25) is 0 Å². The Kier molecular flexibility index (Phi) is 6.92. The summed E-state index contributed by atoms with van der Waals surface area (Å²) < 4.78 is 31.7. The van der Waals surface area contributed by atoms with E-state index in [-0.39, 0.29) is 24.5 Å². The number of carbonyl (C=O) groups is 2. The minimum atomic E-state index is -0.818. The fourth-order valence-electron chi connectivity index (χ4n) is 2.94. The summed E-state index contributed by atoms with van der Waals surface area (Å²) in [6.07, 6.45) is -1.06. The van der Waals surface area contributed by atoms with Gasteiger partial charge in [-0.2, -0.15) is 0 Å². The minimum Gasteiger partial charge on any atom is -0.442 e. The standard InChI is InChI=1S/C18H24BFN2O5.CH4O/c1-11(23)21-9-13-10-22(16(24)25-13)12-6-7-14(15(20)8-12)19-26-17(2,3)18(4,5)27-19;1-2/h6-8,13H,9-10H2,1-5H3,(H,21,23);2H,1H3/t13-;/m0./s1. The highest BCUT2D eigenvalue weighted by molar-refractivity contribution is 6.62. The van der Waals surface area contributed by atoms with Gasteiger partial charge >= 0.3 is 13.2 Å². The predicted molar refractivity (Wildman–Crippen MR) is 107 cm³/mol. The first-order valence-electron chi connectivity index (χ1n) is 9.32. The van der Waals surface area contributed by atoms with Gasteiger partial charge in [-0.15, -0.1) is 0 Å². The molecule has 2 aliphatic rings. The molecule has 1 aromatic carbocycles. The number of hydrogen-bond donors (Lipinski definition) is 2. The molecule has 2 heterocycles. The number of nitrogens with one attached hydrogen (secondary N) is 1. The lowest BCUT2D eigenvalue weighted by Crippen LogP contribution is -2.41. The SMILES string of the molecule is CC(=O)NC[C@H]1CN(c2ccc(B3OC(C)(C)C(C)(C)O3)c(F)c2)C(=O)O1.CO. The zero-order valence-corrected chi connectivity index (χ0v) is 17.6. The molecule has 29 heavy (non-hydrogen) atoms. The summed E-state index contributed by atoms with van der Waals surface area (Å²) in [6.45, 7) is 9.42. The second-order valence-electron chi connectivity index (χ2n) is 7.85. The van der Waals surface area contributed by atoms with E-state index in [0.29, 0.717) is 5.69 Å². The van der Waals surface area contributed by atoms with Crippen LogP contribution in [-0.2, 0) is 18.8 Å². The van der Waals surface area contributed by atoms with E-state index < -0.39 is 36.3 Å². The highest BCUT2D eigenvalue weighted by Gasteiger charge is 2.52. The minimum absolute atomic E-state index is 0.206. The molecule has 0 aliphatic carbocycles. The Labute approximate surface area is 170 Å². The molecule has 0 aromatic heterocycles. The molecule has 3 rings (SSSR count). The largest absolute Gasteiger partial charge is 0.497 e. The number of nitrogens with zero attached hydrogens (tertiary/aromatic N) is 1. The quantitative estimate of drug-likeness (QED) is 0.724. The fraction of sp³-hybridized carbons (Fsp3) is 0.579. The number of halogens is 1. The molecule has 2 N–H and O–H groups in total. The number of carbonyl (C=O) groups excluding carboxylic acids is 2. The Hall–Kier alpha value is -2.17. The number of ether oxygens (including phenoxy) is 1. The second kappa shape index (κ2) is 8.68. The third kappa shape index (κ3) is 4.88. The summed E-state index contributed by atoms with van der Waals surface area (Å²) in [6, 6.07) is 4.45. The zero-order chi connectivity index (χ0) is 22.0. The van der Waals surface area contributed by atoms with Crippen LogP contribution in [0, 0.1) is 5.82 Å². The molecule has 0 bridgehead atoms. The number of aliphatic hydroxyl groups is 1. The second-order valence-corrected chi connectivity index (χ2v) is 7.85. The fourth-order valence-corrected chi connectivity index (χ4v) is 2.94. The zero-order valence-electron chi connectivity index (χ0n) is 17.6. The van der Waals surface area contributed by atoms with Crippen LogP contribution in [0.5, 0.6) is 0 Å². The Bertz CT molecular complexity index is 757. The third-order valence-electron chi connectivity index (χ3n) is 5.26.